The maximum absolute atomic E-state index is 14.1. The van der Waals surface area contributed by atoms with Gasteiger partial charge in [-0.2, -0.15) is 0 Å². The number of benzene rings is 1. The molecule has 8 nitrogen and oxygen atoms in total. The third-order valence-corrected chi connectivity index (χ3v) is 8.71. The third kappa shape index (κ3) is 6.42. The minimum Gasteiger partial charge on any atom is -0.488 e. The van der Waals surface area contributed by atoms with Crippen molar-refractivity contribution in [2.75, 3.05) is 51.6 Å². The lowest BCUT2D eigenvalue weighted by Crippen LogP contribution is -2.45. The Bertz CT molecular complexity index is 1250. The highest BCUT2D eigenvalue weighted by Gasteiger charge is 2.22. The van der Waals surface area contributed by atoms with Crippen LogP contribution in [-0.4, -0.2) is 78.1 Å². The molecule has 10 heteroatoms. The zero-order valence-corrected chi connectivity index (χ0v) is 23.1. The van der Waals surface area contributed by atoms with E-state index in [9.17, 15) is 9.18 Å². The second-order valence-electron chi connectivity index (χ2n) is 10.4. The number of halogens is 1. The number of amides is 1. The van der Waals surface area contributed by atoms with Gasteiger partial charge in [0.1, 0.15) is 28.5 Å². The number of anilines is 2. The number of carbonyl (C=O) groups is 1. The van der Waals surface area contributed by atoms with E-state index >= 15 is 0 Å². The average Bonchev–Trinajstić information content (AvgIpc) is 3.27. The van der Waals surface area contributed by atoms with Crippen LogP contribution in [0.25, 0.3) is 10.2 Å². The monoisotopic (exact) mass is 540 g/mol. The zero-order valence-electron chi connectivity index (χ0n) is 22.3. The predicted molar refractivity (Wildman–Crippen MR) is 150 cm³/mol. The van der Waals surface area contributed by atoms with Crippen molar-refractivity contribution < 1.29 is 13.9 Å². The number of thiophene rings is 1. The molecule has 0 unspecified atom stereocenters. The smallest absolute Gasteiger partial charge is 0.261 e. The molecule has 1 amide bonds. The fourth-order valence-electron chi connectivity index (χ4n) is 5.23. The molecule has 2 aromatic heterocycles. The van der Waals surface area contributed by atoms with Crippen LogP contribution in [0.1, 0.15) is 53.8 Å². The Kier molecular flexibility index (Phi) is 8.71. The Morgan fingerprint density at radius 2 is 1.95 bits per heavy atom. The van der Waals surface area contributed by atoms with Crippen LogP contribution in [0.3, 0.4) is 0 Å². The van der Waals surface area contributed by atoms with E-state index < -0.39 is 0 Å². The molecule has 1 aliphatic carbocycles. The van der Waals surface area contributed by atoms with E-state index in [1.54, 1.807) is 6.07 Å². The maximum Gasteiger partial charge on any atom is 0.261 e. The number of fused-ring (bicyclic) bond motifs is 1. The van der Waals surface area contributed by atoms with Crippen molar-refractivity contribution in [2.24, 2.45) is 0 Å². The van der Waals surface area contributed by atoms with Crippen molar-refractivity contribution in [3.8, 4) is 5.75 Å². The molecule has 2 N–H and O–H groups in total. The van der Waals surface area contributed by atoms with Crippen LogP contribution in [0.2, 0.25) is 0 Å². The van der Waals surface area contributed by atoms with Gasteiger partial charge in [-0.3, -0.25) is 4.79 Å². The highest BCUT2D eigenvalue weighted by atomic mass is 32.1. The van der Waals surface area contributed by atoms with E-state index in [2.05, 4.69) is 37.4 Å². The van der Waals surface area contributed by atoms with Gasteiger partial charge in [-0.05, 0) is 70.3 Å². The minimum atomic E-state index is -0.340. The number of piperazine rings is 1. The number of ether oxygens (including phenoxy) is 1. The second-order valence-corrected chi connectivity index (χ2v) is 11.4. The van der Waals surface area contributed by atoms with Gasteiger partial charge in [-0.15, -0.1) is 11.3 Å². The number of aromatic nitrogens is 2. The molecule has 0 atom stereocenters. The lowest BCUT2D eigenvalue weighted by molar-refractivity contribution is 0.0953. The summed E-state index contributed by atoms with van der Waals surface area (Å²) in [5, 5.41) is 7.22. The molecule has 2 aliphatic rings. The highest BCUT2D eigenvalue weighted by molar-refractivity contribution is 7.20. The SMILES string of the molecule is Cc1c(C(=O)NCCCN2CCN(C)CC2)sc2ncnc(Nc3ccc(F)cc3OC3CCCCC3)c12. The van der Waals surface area contributed by atoms with Crippen molar-refractivity contribution in [3.63, 3.8) is 0 Å². The number of aryl methyl sites for hydroxylation is 1. The van der Waals surface area contributed by atoms with Crippen molar-refractivity contribution >= 4 is 39.0 Å². The Morgan fingerprint density at radius 3 is 2.74 bits per heavy atom. The standard InChI is InChI=1S/C28H37FN6O2S/c1-19-24-26(33-22-10-9-20(29)17-23(22)37-21-7-4-3-5-8-21)31-18-32-28(24)38-25(19)27(36)30-11-6-12-35-15-13-34(2)14-16-35/h9-10,17-18,21H,3-8,11-16H2,1-2H3,(H,30,36)(H,31,32,33). The summed E-state index contributed by atoms with van der Waals surface area (Å²) in [5.74, 6) is 0.637. The fraction of sp³-hybridized carbons (Fsp3) is 0.536. The van der Waals surface area contributed by atoms with Gasteiger partial charge in [0.2, 0.25) is 0 Å². The molecular formula is C28H37FN6O2S. The van der Waals surface area contributed by atoms with Crippen LogP contribution in [0.4, 0.5) is 15.9 Å². The first-order chi connectivity index (χ1) is 18.5. The summed E-state index contributed by atoms with van der Waals surface area (Å²) in [6.45, 7) is 7.89. The summed E-state index contributed by atoms with van der Waals surface area (Å²) in [5.41, 5.74) is 1.49. The summed E-state index contributed by atoms with van der Waals surface area (Å²) in [6, 6.07) is 4.52. The van der Waals surface area contributed by atoms with Crippen LogP contribution >= 0.6 is 11.3 Å². The number of likely N-dealkylation sites (N-methyl/N-ethyl adjacent to an activating group) is 1. The number of hydrogen-bond donors (Lipinski definition) is 2. The van der Waals surface area contributed by atoms with E-state index in [1.807, 2.05) is 6.92 Å². The molecule has 0 bridgehead atoms. The Hall–Kier alpha value is -2.82. The topological polar surface area (TPSA) is 82.6 Å². The van der Waals surface area contributed by atoms with Gasteiger partial charge in [0.05, 0.1) is 22.1 Å². The fourth-order valence-corrected chi connectivity index (χ4v) is 6.29. The first kappa shape index (κ1) is 26.8. The Labute approximate surface area is 227 Å². The summed E-state index contributed by atoms with van der Waals surface area (Å²) >= 11 is 1.37. The van der Waals surface area contributed by atoms with E-state index in [-0.39, 0.29) is 17.8 Å². The zero-order chi connectivity index (χ0) is 26.5. The minimum absolute atomic E-state index is 0.0852. The van der Waals surface area contributed by atoms with Gasteiger partial charge in [0.25, 0.3) is 5.91 Å². The van der Waals surface area contributed by atoms with Gasteiger partial charge in [0, 0.05) is 38.8 Å². The molecule has 3 heterocycles. The molecule has 204 valence electrons. The van der Waals surface area contributed by atoms with E-state index in [0.717, 1.165) is 80.6 Å². The molecule has 0 spiro atoms. The largest absolute Gasteiger partial charge is 0.488 e. The maximum atomic E-state index is 14.1. The molecule has 1 saturated carbocycles. The van der Waals surface area contributed by atoms with Crippen molar-refractivity contribution in [1.82, 2.24) is 25.1 Å². The van der Waals surface area contributed by atoms with Gasteiger partial charge in [-0.25, -0.2) is 14.4 Å². The number of nitrogens with zero attached hydrogens (tertiary/aromatic N) is 4. The van der Waals surface area contributed by atoms with E-state index in [0.29, 0.717) is 28.7 Å². The lowest BCUT2D eigenvalue weighted by Gasteiger charge is -2.32. The van der Waals surface area contributed by atoms with Crippen LogP contribution in [0.5, 0.6) is 5.75 Å². The molecule has 1 aromatic carbocycles. The quantitative estimate of drug-likeness (QED) is 0.371. The van der Waals surface area contributed by atoms with Gasteiger partial charge in [0.15, 0.2) is 0 Å². The molecular weight excluding hydrogens is 503 g/mol. The summed E-state index contributed by atoms with van der Waals surface area (Å²) in [7, 11) is 2.15. The number of carbonyl (C=O) groups excluding carboxylic acids is 1. The first-order valence-electron chi connectivity index (χ1n) is 13.6. The molecule has 38 heavy (non-hydrogen) atoms. The average molecular weight is 541 g/mol. The van der Waals surface area contributed by atoms with Gasteiger partial charge >= 0.3 is 0 Å². The van der Waals surface area contributed by atoms with Gasteiger partial charge in [-0.1, -0.05) is 6.42 Å². The Morgan fingerprint density at radius 1 is 1.16 bits per heavy atom. The van der Waals surface area contributed by atoms with Crippen LogP contribution in [0.15, 0.2) is 24.5 Å². The summed E-state index contributed by atoms with van der Waals surface area (Å²) in [6.07, 6.45) is 7.93. The third-order valence-electron chi connectivity index (χ3n) is 7.51. The first-order valence-corrected chi connectivity index (χ1v) is 14.5. The molecule has 2 fully saturated rings. The summed E-state index contributed by atoms with van der Waals surface area (Å²) in [4.78, 5) is 28.1. The molecule has 1 saturated heterocycles. The molecule has 5 rings (SSSR count). The van der Waals surface area contributed by atoms with Gasteiger partial charge < -0.3 is 25.2 Å². The normalized spacial score (nSPS) is 17.6. The van der Waals surface area contributed by atoms with Crippen molar-refractivity contribution in [1.29, 1.82) is 0 Å². The number of hydrogen-bond acceptors (Lipinski definition) is 8. The lowest BCUT2D eigenvalue weighted by atomic mass is 9.98. The summed E-state index contributed by atoms with van der Waals surface area (Å²) < 4.78 is 20.3. The van der Waals surface area contributed by atoms with E-state index in [1.165, 1.54) is 36.2 Å². The number of nitrogens with one attached hydrogen (secondary N) is 2. The van der Waals surface area contributed by atoms with Crippen LogP contribution in [0, 0.1) is 12.7 Å². The Balaban J connectivity index is 1.27. The molecule has 0 radical (unpaired) electrons. The second kappa shape index (κ2) is 12.4. The van der Waals surface area contributed by atoms with Crippen molar-refractivity contribution in [2.45, 2.75) is 51.6 Å². The van der Waals surface area contributed by atoms with Crippen LogP contribution < -0.4 is 15.4 Å². The number of rotatable bonds is 9. The highest BCUT2D eigenvalue weighted by Crippen LogP contribution is 2.37. The molecule has 3 aromatic rings. The predicted octanol–water partition coefficient (Wildman–Crippen LogP) is 4.96. The van der Waals surface area contributed by atoms with Crippen molar-refractivity contribution in [3.05, 3.63) is 40.8 Å². The van der Waals surface area contributed by atoms with E-state index in [4.69, 9.17) is 4.74 Å². The molecule has 1 aliphatic heterocycles. The van der Waals surface area contributed by atoms with Crippen LogP contribution in [-0.2, 0) is 0 Å².